The fraction of sp³-hybridized carbons (Fsp3) is 0.500. The molecular formula is C20H26N4O2. The van der Waals surface area contributed by atoms with Crippen LogP contribution in [-0.4, -0.2) is 19.5 Å². The minimum atomic E-state index is -0.624. The van der Waals surface area contributed by atoms with E-state index >= 15 is 0 Å². The molecule has 2 aliphatic heterocycles. The highest BCUT2D eigenvalue weighted by Gasteiger charge is 2.18. The Kier molecular flexibility index (Phi) is 5.20. The molecule has 1 aromatic rings. The van der Waals surface area contributed by atoms with E-state index in [1.165, 1.54) is 12.8 Å². The van der Waals surface area contributed by atoms with Crippen LogP contribution in [0.4, 0.5) is 0 Å². The molecule has 0 aliphatic carbocycles. The first-order valence-corrected chi connectivity index (χ1v) is 9.28. The Morgan fingerprint density at radius 2 is 1.77 bits per heavy atom. The Hall–Kier alpha value is -2.50. The summed E-state index contributed by atoms with van der Waals surface area (Å²) in [6.45, 7) is 9.26. The Labute approximate surface area is 152 Å². The van der Waals surface area contributed by atoms with Crippen LogP contribution in [0, 0.1) is 19.8 Å². The lowest BCUT2D eigenvalue weighted by Gasteiger charge is -2.17. The average Bonchev–Trinajstić information content (AvgIpc) is 2.56. The van der Waals surface area contributed by atoms with Gasteiger partial charge < -0.3 is 4.57 Å². The van der Waals surface area contributed by atoms with E-state index in [2.05, 4.69) is 41.8 Å². The number of rotatable bonds is 6. The van der Waals surface area contributed by atoms with Crippen LogP contribution in [0.15, 0.2) is 21.7 Å². The predicted molar refractivity (Wildman–Crippen MR) is 104 cm³/mol. The van der Waals surface area contributed by atoms with Gasteiger partial charge in [0.25, 0.3) is 5.56 Å². The van der Waals surface area contributed by atoms with E-state index in [1.807, 2.05) is 17.6 Å². The number of hydrogen-bond donors (Lipinski definition) is 1. The summed E-state index contributed by atoms with van der Waals surface area (Å²) in [5, 5.41) is 0. The zero-order valence-corrected chi connectivity index (χ0v) is 15.9. The van der Waals surface area contributed by atoms with Crippen molar-refractivity contribution < 1.29 is 0 Å². The SMILES string of the molecule is Cc1cc2nc3c(=O)[nH]c(=O)nc-3n(CCCCCC(C)C)c2cc1C. The fourth-order valence-corrected chi connectivity index (χ4v) is 3.28. The molecular weight excluding hydrogens is 328 g/mol. The fourth-order valence-electron chi connectivity index (χ4n) is 3.28. The molecule has 0 bridgehead atoms. The van der Waals surface area contributed by atoms with Gasteiger partial charge in [-0.1, -0.05) is 33.1 Å². The van der Waals surface area contributed by atoms with Gasteiger partial charge in [0.15, 0.2) is 11.5 Å². The summed E-state index contributed by atoms with van der Waals surface area (Å²) in [4.78, 5) is 34.7. The topological polar surface area (TPSA) is 80.6 Å². The highest BCUT2D eigenvalue weighted by molar-refractivity contribution is 5.81. The van der Waals surface area contributed by atoms with Gasteiger partial charge in [-0.2, -0.15) is 4.98 Å². The maximum absolute atomic E-state index is 12.2. The zero-order valence-electron chi connectivity index (χ0n) is 15.9. The second-order valence-corrected chi connectivity index (χ2v) is 7.48. The number of nitrogens with zero attached hydrogens (tertiary/aromatic N) is 3. The molecule has 138 valence electrons. The summed E-state index contributed by atoms with van der Waals surface area (Å²) in [5.41, 5.74) is 3.07. The molecule has 0 atom stereocenters. The van der Waals surface area contributed by atoms with Gasteiger partial charge in [0.1, 0.15) is 0 Å². The summed E-state index contributed by atoms with van der Waals surface area (Å²) in [6.07, 6.45) is 4.47. The molecule has 2 heterocycles. The average molecular weight is 354 g/mol. The first-order chi connectivity index (χ1) is 12.4. The quantitative estimate of drug-likeness (QED) is 0.543. The second kappa shape index (κ2) is 7.40. The number of nitrogens with one attached hydrogen (secondary N) is 1. The van der Waals surface area contributed by atoms with Crippen molar-refractivity contribution in [2.45, 2.75) is 59.9 Å². The number of H-pyrrole nitrogens is 1. The molecule has 0 spiro atoms. The van der Waals surface area contributed by atoms with Gasteiger partial charge in [0.2, 0.25) is 0 Å². The van der Waals surface area contributed by atoms with E-state index in [0.29, 0.717) is 18.3 Å². The molecule has 3 rings (SSSR count). The van der Waals surface area contributed by atoms with Gasteiger partial charge in [-0.25, -0.2) is 9.78 Å². The number of aromatic nitrogens is 4. The summed E-state index contributed by atoms with van der Waals surface area (Å²) < 4.78 is 1.98. The van der Waals surface area contributed by atoms with Crippen molar-refractivity contribution in [1.29, 1.82) is 0 Å². The van der Waals surface area contributed by atoms with E-state index in [1.54, 1.807) is 0 Å². The Bertz CT molecular complexity index is 1020. The predicted octanol–water partition coefficient (Wildman–Crippen LogP) is 3.42. The van der Waals surface area contributed by atoms with Gasteiger partial charge in [-0.15, -0.1) is 0 Å². The van der Waals surface area contributed by atoms with Crippen LogP contribution in [-0.2, 0) is 6.54 Å². The molecule has 0 saturated carbocycles. The first-order valence-electron chi connectivity index (χ1n) is 9.28. The van der Waals surface area contributed by atoms with Crippen LogP contribution in [0.2, 0.25) is 0 Å². The highest BCUT2D eigenvalue weighted by atomic mass is 16.2. The third-order valence-corrected chi connectivity index (χ3v) is 4.89. The van der Waals surface area contributed by atoms with Crippen LogP contribution in [0.5, 0.6) is 0 Å². The molecule has 26 heavy (non-hydrogen) atoms. The van der Waals surface area contributed by atoms with E-state index in [-0.39, 0.29) is 5.69 Å². The molecule has 2 aliphatic rings. The van der Waals surface area contributed by atoms with Crippen molar-refractivity contribution in [2.75, 3.05) is 0 Å². The van der Waals surface area contributed by atoms with Crippen LogP contribution in [0.3, 0.4) is 0 Å². The van der Waals surface area contributed by atoms with Gasteiger partial charge in [0.05, 0.1) is 11.0 Å². The minimum Gasteiger partial charge on any atom is -0.322 e. The van der Waals surface area contributed by atoms with Crippen molar-refractivity contribution in [1.82, 2.24) is 19.5 Å². The maximum Gasteiger partial charge on any atom is 0.349 e. The number of fused-ring (bicyclic) bond motifs is 2. The standard InChI is InChI=1S/C20H26N4O2/c1-12(2)8-6-5-7-9-24-16-11-14(4)13(3)10-15(16)21-17-18(24)22-20(26)23-19(17)25/h10-12H,5-9H2,1-4H3,(H,23,25,26). The lowest BCUT2D eigenvalue weighted by molar-refractivity contribution is 0.509. The van der Waals surface area contributed by atoms with Gasteiger partial charge in [-0.05, 0) is 49.4 Å². The van der Waals surface area contributed by atoms with E-state index < -0.39 is 11.2 Å². The molecule has 0 radical (unpaired) electrons. The van der Waals surface area contributed by atoms with Crippen LogP contribution >= 0.6 is 0 Å². The lowest BCUT2D eigenvalue weighted by atomic mass is 10.1. The normalized spacial score (nSPS) is 11.7. The number of hydrogen-bond acceptors (Lipinski definition) is 4. The number of aryl methyl sites for hydroxylation is 3. The van der Waals surface area contributed by atoms with E-state index in [9.17, 15) is 9.59 Å². The second-order valence-electron chi connectivity index (χ2n) is 7.48. The first kappa shape index (κ1) is 18.3. The molecule has 0 aromatic heterocycles. The Morgan fingerprint density at radius 3 is 2.50 bits per heavy atom. The van der Waals surface area contributed by atoms with E-state index in [4.69, 9.17) is 0 Å². The van der Waals surface area contributed by atoms with Gasteiger partial charge in [0, 0.05) is 6.54 Å². The van der Waals surface area contributed by atoms with E-state index in [0.717, 1.165) is 35.0 Å². The third kappa shape index (κ3) is 3.69. The van der Waals surface area contributed by atoms with Crippen LogP contribution < -0.4 is 11.2 Å². The Morgan fingerprint density at radius 1 is 1.04 bits per heavy atom. The largest absolute Gasteiger partial charge is 0.349 e. The molecule has 1 N–H and O–H groups in total. The van der Waals surface area contributed by atoms with Crippen molar-refractivity contribution in [3.05, 3.63) is 44.1 Å². The number of unbranched alkanes of at least 4 members (excludes halogenated alkanes) is 2. The van der Waals surface area contributed by atoms with Crippen molar-refractivity contribution in [3.63, 3.8) is 0 Å². The minimum absolute atomic E-state index is 0.225. The third-order valence-electron chi connectivity index (χ3n) is 4.89. The highest BCUT2D eigenvalue weighted by Crippen LogP contribution is 2.24. The smallest absolute Gasteiger partial charge is 0.322 e. The molecule has 0 saturated heterocycles. The Balaban J connectivity index is 2.08. The summed E-state index contributed by atoms with van der Waals surface area (Å²) in [7, 11) is 0. The maximum atomic E-state index is 12.2. The lowest BCUT2D eigenvalue weighted by Crippen LogP contribution is -2.29. The van der Waals surface area contributed by atoms with Gasteiger partial charge >= 0.3 is 5.69 Å². The molecule has 1 aromatic carbocycles. The summed E-state index contributed by atoms with van der Waals surface area (Å²) in [6, 6.07) is 4.06. The molecule has 0 amide bonds. The monoisotopic (exact) mass is 354 g/mol. The van der Waals surface area contributed by atoms with Crippen molar-refractivity contribution in [3.8, 4) is 11.5 Å². The zero-order chi connectivity index (χ0) is 18.8. The van der Waals surface area contributed by atoms with Crippen LogP contribution in [0.1, 0.15) is 50.7 Å². The number of aromatic amines is 1. The summed E-state index contributed by atoms with van der Waals surface area (Å²) >= 11 is 0. The molecule has 0 unspecified atom stereocenters. The number of benzene rings is 1. The van der Waals surface area contributed by atoms with Crippen LogP contribution in [0.25, 0.3) is 22.6 Å². The van der Waals surface area contributed by atoms with Gasteiger partial charge in [-0.3, -0.25) is 9.78 Å². The van der Waals surface area contributed by atoms with Crippen molar-refractivity contribution >= 4 is 11.0 Å². The summed E-state index contributed by atoms with van der Waals surface area (Å²) in [5.74, 6) is 1.08. The molecule has 0 fully saturated rings. The van der Waals surface area contributed by atoms with Crippen molar-refractivity contribution in [2.24, 2.45) is 5.92 Å². The molecule has 6 heteroatoms. The molecule has 6 nitrogen and oxygen atoms in total.